The highest BCUT2D eigenvalue weighted by atomic mass is 16.3. The summed E-state index contributed by atoms with van der Waals surface area (Å²) in [5.41, 5.74) is 0. The minimum absolute atomic E-state index is 0.201. The molecule has 1 N–H and O–H groups in total. The van der Waals surface area contributed by atoms with E-state index in [4.69, 9.17) is 5.11 Å². The van der Waals surface area contributed by atoms with E-state index >= 15 is 0 Å². The normalized spacial score (nSPS) is 31.6. The van der Waals surface area contributed by atoms with Crippen molar-refractivity contribution in [1.29, 1.82) is 0 Å². The summed E-state index contributed by atoms with van der Waals surface area (Å²) in [4.78, 5) is 10.3. The van der Waals surface area contributed by atoms with Crippen LogP contribution in [0.3, 0.4) is 0 Å². The second-order valence-corrected chi connectivity index (χ2v) is 1.94. The van der Waals surface area contributed by atoms with E-state index in [1.54, 1.807) is 0 Å². The first-order chi connectivity index (χ1) is 3.29. The van der Waals surface area contributed by atoms with Gasteiger partial charge in [0.05, 0.1) is 6.10 Å². The van der Waals surface area contributed by atoms with Crippen molar-refractivity contribution in [1.82, 2.24) is 0 Å². The van der Waals surface area contributed by atoms with Crippen LogP contribution >= 0.6 is 0 Å². The van der Waals surface area contributed by atoms with Gasteiger partial charge in [0.15, 0.2) is 0 Å². The first-order valence-electron chi connectivity index (χ1n) is 2.49. The molecule has 0 aliphatic heterocycles. The van der Waals surface area contributed by atoms with Crippen molar-refractivity contribution in [2.75, 3.05) is 0 Å². The summed E-state index contributed by atoms with van der Waals surface area (Å²) in [6, 6.07) is 0. The van der Waals surface area contributed by atoms with Gasteiger partial charge in [-0.2, -0.15) is 0 Å². The standard InChI is InChI=1S/C5H8O2/c6-4-1-2-5(7)3-4/h4,6H,1-3H2. The molecule has 0 amide bonds. The Balaban J connectivity index is 2.40. The highest BCUT2D eigenvalue weighted by Crippen LogP contribution is 2.12. The van der Waals surface area contributed by atoms with Gasteiger partial charge >= 0.3 is 0 Å². The fourth-order valence-corrected chi connectivity index (χ4v) is 0.795. The number of rotatable bonds is 0. The van der Waals surface area contributed by atoms with Crippen LogP contribution in [0, 0.1) is 0 Å². The monoisotopic (exact) mass is 100 g/mol. The molecule has 0 saturated heterocycles. The fraction of sp³-hybridized carbons (Fsp3) is 0.800. The molecule has 1 saturated carbocycles. The zero-order chi connectivity index (χ0) is 5.28. The summed E-state index contributed by atoms with van der Waals surface area (Å²) in [6.07, 6.45) is 1.33. The zero-order valence-corrected chi connectivity index (χ0v) is 4.05. The Bertz CT molecular complexity index is 88.1. The molecule has 1 atom stereocenters. The third kappa shape index (κ3) is 0.996. The SMILES string of the molecule is O=C1CCC(O)C1. The molecule has 0 aromatic rings. The Morgan fingerprint density at radius 1 is 1.71 bits per heavy atom. The molecule has 1 aliphatic carbocycles. The number of carbonyl (C=O) groups excluding carboxylic acids is 1. The first kappa shape index (κ1) is 4.78. The summed E-state index contributed by atoms with van der Waals surface area (Å²) >= 11 is 0. The molecule has 7 heavy (non-hydrogen) atoms. The molecule has 0 radical (unpaired) electrons. The van der Waals surface area contributed by atoms with Crippen LogP contribution in [0.15, 0.2) is 0 Å². The maximum atomic E-state index is 10.3. The van der Waals surface area contributed by atoms with E-state index in [0.717, 1.165) is 0 Å². The van der Waals surface area contributed by atoms with Gasteiger partial charge in [-0.3, -0.25) is 4.79 Å². The number of carbonyl (C=O) groups is 1. The fourth-order valence-electron chi connectivity index (χ4n) is 0.795. The van der Waals surface area contributed by atoms with Gasteiger partial charge in [0.1, 0.15) is 5.78 Å². The average molecular weight is 100 g/mol. The number of Topliss-reactive ketones (excluding diaryl/α,β-unsaturated/α-hetero) is 1. The van der Waals surface area contributed by atoms with Gasteiger partial charge in [0.25, 0.3) is 0 Å². The molecular weight excluding hydrogens is 92.1 g/mol. The molecule has 1 unspecified atom stereocenters. The lowest BCUT2D eigenvalue weighted by Gasteiger charge is -1.90. The van der Waals surface area contributed by atoms with Crippen LogP contribution in [0.2, 0.25) is 0 Å². The van der Waals surface area contributed by atoms with E-state index in [1.807, 2.05) is 0 Å². The minimum Gasteiger partial charge on any atom is -0.393 e. The number of hydrogen-bond donors (Lipinski definition) is 1. The van der Waals surface area contributed by atoms with Crippen molar-refractivity contribution in [3.8, 4) is 0 Å². The molecule has 40 valence electrons. The van der Waals surface area contributed by atoms with Crippen molar-refractivity contribution in [3.05, 3.63) is 0 Å². The Kier molecular flexibility index (Phi) is 1.11. The predicted molar refractivity (Wildman–Crippen MR) is 24.9 cm³/mol. The van der Waals surface area contributed by atoms with Crippen LogP contribution in [-0.4, -0.2) is 17.0 Å². The highest BCUT2D eigenvalue weighted by Gasteiger charge is 2.18. The summed E-state index contributed by atoms with van der Waals surface area (Å²) in [5, 5.41) is 8.68. The van der Waals surface area contributed by atoms with E-state index in [-0.39, 0.29) is 11.9 Å². The maximum absolute atomic E-state index is 10.3. The molecular formula is C5H8O2. The third-order valence-electron chi connectivity index (χ3n) is 1.22. The van der Waals surface area contributed by atoms with Crippen molar-refractivity contribution < 1.29 is 9.90 Å². The molecule has 0 heterocycles. The Labute approximate surface area is 42.1 Å². The average Bonchev–Trinajstić information content (AvgIpc) is 1.87. The lowest BCUT2D eigenvalue weighted by Crippen LogP contribution is -1.98. The van der Waals surface area contributed by atoms with Gasteiger partial charge in [-0.05, 0) is 6.42 Å². The van der Waals surface area contributed by atoms with Gasteiger partial charge in [0, 0.05) is 12.8 Å². The van der Waals surface area contributed by atoms with Gasteiger partial charge < -0.3 is 5.11 Å². The number of aliphatic hydroxyl groups is 1. The van der Waals surface area contributed by atoms with Crippen molar-refractivity contribution in [3.63, 3.8) is 0 Å². The quantitative estimate of drug-likeness (QED) is 0.468. The van der Waals surface area contributed by atoms with Gasteiger partial charge in [-0.25, -0.2) is 0 Å². The summed E-state index contributed by atoms with van der Waals surface area (Å²) in [7, 11) is 0. The molecule has 2 heteroatoms. The summed E-state index contributed by atoms with van der Waals surface area (Å²) in [6.45, 7) is 0. The van der Waals surface area contributed by atoms with E-state index in [0.29, 0.717) is 19.3 Å². The third-order valence-corrected chi connectivity index (χ3v) is 1.22. The van der Waals surface area contributed by atoms with Crippen molar-refractivity contribution in [2.24, 2.45) is 0 Å². The van der Waals surface area contributed by atoms with Crippen LogP contribution in [0.1, 0.15) is 19.3 Å². The lowest BCUT2D eigenvalue weighted by atomic mass is 10.3. The smallest absolute Gasteiger partial charge is 0.135 e. The van der Waals surface area contributed by atoms with Crippen LogP contribution in [-0.2, 0) is 4.79 Å². The summed E-state index contributed by atoms with van der Waals surface area (Å²) < 4.78 is 0. The Morgan fingerprint density at radius 2 is 2.43 bits per heavy atom. The molecule has 1 aliphatic rings. The van der Waals surface area contributed by atoms with Crippen LogP contribution in [0.4, 0.5) is 0 Å². The van der Waals surface area contributed by atoms with E-state index in [9.17, 15) is 4.79 Å². The highest BCUT2D eigenvalue weighted by molar-refractivity contribution is 5.80. The van der Waals surface area contributed by atoms with Gasteiger partial charge in [-0.15, -0.1) is 0 Å². The molecule has 1 rings (SSSR count). The van der Waals surface area contributed by atoms with Crippen LogP contribution < -0.4 is 0 Å². The molecule has 2 nitrogen and oxygen atoms in total. The van der Waals surface area contributed by atoms with E-state index < -0.39 is 0 Å². The molecule has 0 spiro atoms. The van der Waals surface area contributed by atoms with Crippen molar-refractivity contribution >= 4 is 5.78 Å². The van der Waals surface area contributed by atoms with E-state index in [2.05, 4.69) is 0 Å². The summed E-state index contributed by atoms with van der Waals surface area (Å²) in [5.74, 6) is 0.201. The lowest BCUT2D eigenvalue weighted by molar-refractivity contribution is -0.117. The number of ketones is 1. The molecule has 0 aromatic carbocycles. The van der Waals surface area contributed by atoms with Crippen LogP contribution in [0.25, 0.3) is 0 Å². The van der Waals surface area contributed by atoms with E-state index in [1.165, 1.54) is 0 Å². The van der Waals surface area contributed by atoms with Gasteiger partial charge in [0.2, 0.25) is 0 Å². The Hall–Kier alpha value is -0.370. The second-order valence-electron chi connectivity index (χ2n) is 1.94. The number of aliphatic hydroxyl groups excluding tert-OH is 1. The Morgan fingerprint density at radius 3 is 2.57 bits per heavy atom. The molecule has 1 fully saturated rings. The minimum atomic E-state index is -0.326. The first-order valence-corrected chi connectivity index (χ1v) is 2.49. The molecule has 0 bridgehead atoms. The second kappa shape index (κ2) is 1.62. The van der Waals surface area contributed by atoms with Crippen LogP contribution in [0.5, 0.6) is 0 Å². The van der Waals surface area contributed by atoms with Gasteiger partial charge in [-0.1, -0.05) is 0 Å². The molecule has 0 aromatic heterocycles. The maximum Gasteiger partial charge on any atom is 0.135 e. The topological polar surface area (TPSA) is 37.3 Å². The van der Waals surface area contributed by atoms with Crippen molar-refractivity contribution in [2.45, 2.75) is 25.4 Å². The number of hydrogen-bond acceptors (Lipinski definition) is 2. The largest absolute Gasteiger partial charge is 0.393 e. The predicted octanol–water partition coefficient (Wildman–Crippen LogP) is 0.100. The zero-order valence-electron chi connectivity index (χ0n) is 4.05.